The van der Waals surface area contributed by atoms with Crippen LogP contribution in [0.15, 0.2) is 39.9 Å². The van der Waals surface area contributed by atoms with E-state index in [9.17, 15) is 5.11 Å². The van der Waals surface area contributed by atoms with Crippen molar-refractivity contribution in [2.45, 2.75) is 52.8 Å². The highest BCUT2D eigenvalue weighted by atomic mass is 127. The van der Waals surface area contributed by atoms with Gasteiger partial charge < -0.3 is 20.2 Å². The average Bonchev–Trinajstić information content (AvgIpc) is 3.07. The van der Waals surface area contributed by atoms with Crippen LogP contribution in [-0.2, 0) is 25.1 Å². The van der Waals surface area contributed by atoms with Crippen molar-refractivity contribution in [2.75, 3.05) is 6.54 Å². The Balaban J connectivity index is 0.00000338. The summed E-state index contributed by atoms with van der Waals surface area (Å²) in [6.45, 7) is 10.0. The van der Waals surface area contributed by atoms with Crippen LogP contribution in [0.1, 0.15) is 50.5 Å². The van der Waals surface area contributed by atoms with Crippen LogP contribution in [0.2, 0.25) is 0 Å². The standard InChI is InChI=1S/C19H28N4O2.HI/c1-5-20-18(22-10-14-8-6-7-9-15(14)13-24)23-12-17-21-11-16(25-17)19(2,3)4;/h6-9,11,24H,5,10,12-13H2,1-4H3,(H2,20,22,23);1H. The van der Waals surface area contributed by atoms with Gasteiger partial charge in [0.15, 0.2) is 5.96 Å². The zero-order chi connectivity index (χ0) is 18.3. The van der Waals surface area contributed by atoms with Crippen LogP contribution in [0.5, 0.6) is 0 Å². The summed E-state index contributed by atoms with van der Waals surface area (Å²) in [7, 11) is 0. The van der Waals surface area contributed by atoms with Gasteiger partial charge in [0.1, 0.15) is 5.76 Å². The molecule has 7 heteroatoms. The lowest BCUT2D eigenvalue weighted by molar-refractivity contribution is 0.280. The van der Waals surface area contributed by atoms with Crippen molar-refractivity contribution in [1.82, 2.24) is 15.6 Å². The summed E-state index contributed by atoms with van der Waals surface area (Å²) in [5.74, 6) is 2.18. The Morgan fingerprint density at radius 1 is 1.19 bits per heavy atom. The number of aliphatic imine (C=N–C) groups is 1. The molecule has 144 valence electrons. The summed E-state index contributed by atoms with van der Waals surface area (Å²) < 4.78 is 5.79. The first kappa shape index (κ1) is 22.4. The maximum absolute atomic E-state index is 9.41. The third-order valence-electron chi connectivity index (χ3n) is 3.74. The van der Waals surface area contributed by atoms with Gasteiger partial charge in [-0.15, -0.1) is 24.0 Å². The molecule has 0 radical (unpaired) electrons. The van der Waals surface area contributed by atoms with Crippen LogP contribution >= 0.6 is 24.0 Å². The maximum Gasteiger partial charge on any atom is 0.213 e. The second-order valence-corrected chi connectivity index (χ2v) is 6.84. The summed E-state index contributed by atoms with van der Waals surface area (Å²) in [5.41, 5.74) is 1.84. The van der Waals surface area contributed by atoms with Crippen molar-refractivity contribution >= 4 is 29.9 Å². The van der Waals surface area contributed by atoms with Gasteiger partial charge in [0.05, 0.1) is 25.9 Å². The molecule has 0 aliphatic heterocycles. The lowest BCUT2D eigenvalue weighted by Crippen LogP contribution is -2.36. The van der Waals surface area contributed by atoms with Gasteiger partial charge in [-0.3, -0.25) is 0 Å². The zero-order valence-corrected chi connectivity index (χ0v) is 18.2. The maximum atomic E-state index is 9.41. The summed E-state index contributed by atoms with van der Waals surface area (Å²) in [6, 6.07) is 7.75. The van der Waals surface area contributed by atoms with Crippen LogP contribution in [0, 0.1) is 0 Å². The Morgan fingerprint density at radius 3 is 2.46 bits per heavy atom. The van der Waals surface area contributed by atoms with Crippen molar-refractivity contribution < 1.29 is 9.52 Å². The molecule has 0 fully saturated rings. The minimum Gasteiger partial charge on any atom is -0.443 e. The summed E-state index contributed by atoms with van der Waals surface area (Å²) in [6.07, 6.45) is 1.78. The van der Waals surface area contributed by atoms with Crippen LogP contribution in [0.3, 0.4) is 0 Å². The Bertz CT molecular complexity index is 708. The first-order chi connectivity index (χ1) is 11.9. The largest absolute Gasteiger partial charge is 0.443 e. The highest BCUT2D eigenvalue weighted by Gasteiger charge is 2.19. The van der Waals surface area contributed by atoms with Gasteiger partial charge in [-0.1, -0.05) is 45.0 Å². The Kier molecular flexibility index (Phi) is 9.07. The topological polar surface area (TPSA) is 82.7 Å². The molecule has 0 saturated carbocycles. The van der Waals surface area contributed by atoms with Gasteiger partial charge in [0, 0.05) is 12.0 Å². The van der Waals surface area contributed by atoms with Gasteiger partial charge in [0.25, 0.3) is 0 Å². The SMILES string of the molecule is CCNC(=NCc1ccccc1CO)NCc1ncc(C(C)(C)C)o1.I. The number of guanidine groups is 1. The van der Waals surface area contributed by atoms with Crippen molar-refractivity contribution in [3.8, 4) is 0 Å². The first-order valence-electron chi connectivity index (χ1n) is 8.59. The number of nitrogens with zero attached hydrogens (tertiary/aromatic N) is 2. The van der Waals surface area contributed by atoms with E-state index in [1.54, 1.807) is 6.20 Å². The van der Waals surface area contributed by atoms with Crippen molar-refractivity contribution in [1.29, 1.82) is 0 Å². The predicted octanol–water partition coefficient (Wildman–Crippen LogP) is 3.34. The Morgan fingerprint density at radius 2 is 1.88 bits per heavy atom. The molecule has 1 heterocycles. The van der Waals surface area contributed by atoms with Crippen LogP contribution in [0.25, 0.3) is 0 Å². The molecule has 2 rings (SSSR count). The highest BCUT2D eigenvalue weighted by molar-refractivity contribution is 14.0. The van der Waals surface area contributed by atoms with E-state index in [0.29, 0.717) is 24.9 Å². The van der Waals surface area contributed by atoms with Crippen LogP contribution in [-0.4, -0.2) is 22.6 Å². The summed E-state index contributed by atoms with van der Waals surface area (Å²) in [4.78, 5) is 8.89. The minimum atomic E-state index is -0.0577. The normalized spacial score (nSPS) is 11.8. The molecule has 0 saturated heterocycles. The second-order valence-electron chi connectivity index (χ2n) is 6.84. The number of nitrogens with one attached hydrogen (secondary N) is 2. The zero-order valence-electron chi connectivity index (χ0n) is 15.9. The quantitative estimate of drug-likeness (QED) is 0.341. The summed E-state index contributed by atoms with van der Waals surface area (Å²) in [5, 5.41) is 15.8. The second kappa shape index (κ2) is 10.5. The molecule has 3 N–H and O–H groups in total. The molecule has 0 aliphatic rings. The lowest BCUT2D eigenvalue weighted by atomic mass is 9.94. The number of halogens is 1. The van der Waals surface area contributed by atoms with E-state index < -0.39 is 0 Å². The average molecular weight is 472 g/mol. The van der Waals surface area contributed by atoms with Crippen molar-refractivity contribution in [3.05, 3.63) is 53.2 Å². The molecule has 0 spiro atoms. The fraction of sp³-hybridized carbons (Fsp3) is 0.474. The minimum absolute atomic E-state index is 0. The fourth-order valence-electron chi connectivity index (χ4n) is 2.27. The van der Waals surface area contributed by atoms with Gasteiger partial charge in [-0.2, -0.15) is 0 Å². The third kappa shape index (κ3) is 6.60. The number of aliphatic hydroxyl groups excluding tert-OH is 1. The number of hydrogen-bond acceptors (Lipinski definition) is 4. The molecular formula is C19H29IN4O2. The van der Waals surface area contributed by atoms with Gasteiger partial charge in [0.2, 0.25) is 5.89 Å². The van der Waals surface area contributed by atoms with E-state index >= 15 is 0 Å². The number of benzene rings is 1. The van der Waals surface area contributed by atoms with Crippen molar-refractivity contribution in [2.24, 2.45) is 4.99 Å². The fourth-order valence-corrected chi connectivity index (χ4v) is 2.27. The van der Waals surface area contributed by atoms with E-state index in [1.807, 2.05) is 31.2 Å². The molecule has 1 aromatic heterocycles. The molecule has 1 aromatic carbocycles. The van der Waals surface area contributed by atoms with Crippen LogP contribution < -0.4 is 10.6 Å². The Hall–Kier alpha value is -1.61. The summed E-state index contributed by atoms with van der Waals surface area (Å²) >= 11 is 0. The third-order valence-corrected chi connectivity index (χ3v) is 3.74. The van der Waals surface area contributed by atoms with E-state index in [1.165, 1.54) is 0 Å². The molecule has 6 nitrogen and oxygen atoms in total. The molecule has 0 atom stereocenters. The molecule has 0 unspecified atom stereocenters. The lowest BCUT2D eigenvalue weighted by Gasteiger charge is -2.13. The number of aliphatic hydroxyl groups is 1. The molecule has 0 aliphatic carbocycles. The molecule has 0 amide bonds. The highest BCUT2D eigenvalue weighted by Crippen LogP contribution is 2.22. The van der Waals surface area contributed by atoms with E-state index in [0.717, 1.165) is 23.4 Å². The van der Waals surface area contributed by atoms with E-state index in [2.05, 4.69) is 41.4 Å². The first-order valence-corrected chi connectivity index (χ1v) is 8.59. The molecule has 26 heavy (non-hydrogen) atoms. The number of aromatic nitrogens is 1. The molecule has 0 bridgehead atoms. The molecule has 2 aromatic rings. The number of rotatable bonds is 6. The smallest absolute Gasteiger partial charge is 0.213 e. The Labute approximate surface area is 172 Å². The van der Waals surface area contributed by atoms with Gasteiger partial charge in [-0.05, 0) is 18.1 Å². The number of hydrogen-bond donors (Lipinski definition) is 3. The number of oxazole rings is 1. The monoisotopic (exact) mass is 472 g/mol. The van der Waals surface area contributed by atoms with E-state index in [-0.39, 0.29) is 36.0 Å². The predicted molar refractivity (Wildman–Crippen MR) is 115 cm³/mol. The molecular weight excluding hydrogens is 443 g/mol. The van der Waals surface area contributed by atoms with E-state index in [4.69, 9.17) is 4.42 Å². The van der Waals surface area contributed by atoms with Gasteiger partial charge >= 0.3 is 0 Å². The van der Waals surface area contributed by atoms with Crippen molar-refractivity contribution in [3.63, 3.8) is 0 Å². The van der Waals surface area contributed by atoms with Gasteiger partial charge in [-0.25, -0.2) is 9.98 Å². The van der Waals surface area contributed by atoms with Crippen LogP contribution in [0.4, 0.5) is 0 Å².